The van der Waals surface area contributed by atoms with Gasteiger partial charge in [-0.1, -0.05) is 12.1 Å². The number of thiazole rings is 1. The summed E-state index contributed by atoms with van der Waals surface area (Å²) in [6.07, 6.45) is 1.41. The van der Waals surface area contributed by atoms with Crippen molar-refractivity contribution < 1.29 is 14.3 Å². The average Bonchev–Trinajstić information content (AvgIpc) is 3.22. The molecule has 0 bridgehead atoms. The smallest absolute Gasteiger partial charge is 0.185 e. The van der Waals surface area contributed by atoms with Crippen molar-refractivity contribution in [3.8, 4) is 6.07 Å². The summed E-state index contributed by atoms with van der Waals surface area (Å²) < 4.78 is 12.1. The maximum absolute atomic E-state index is 12.5. The number of aromatic nitrogens is 1. The number of rotatable bonds is 6. The first-order chi connectivity index (χ1) is 11.2. The Morgan fingerprint density at radius 3 is 3.09 bits per heavy atom. The highest BCUT2D eigenvalue weighted by Gasteiger charge is 2.29. The van der Waals surface area contributed by atoms with Gasteiger partial charge in [-0.25, -0.2) is 4.98 Å². The molecule has 0 aliphatic carbocycles. The van der Waals surface area contributed by atoms with Crippen LogP contribution in [0.3, 0.4) is 0 Å². The molecular formula is C17H18N2O3S. The summed E-state index contributed by atoms with van der Waals surface area (Å²) in [5.74, 6) is -1.13. The number of carbonyl (C=O) groups is 1. The molecular weight excluding hydrogens is 312 g/mol. The van der Waals surface area contributed by atoms with Crippen molar-refractivity contribution in [2.45, 2.75) is 37.9 Å². The van der Waals surface area contributed by atoms with Crippen LogP contribution in [0, 0.1) is 11.3 Å². The molecule has 23 heavy (non-hydrogen) atoms. The number of benzene rings is 1. The predicted octanol–water partition coefficient (Wildman–Crippen LogP) is 3.06. The molecule has 1 aliphatic rings. The Kier molecular flexibility index (Phi) is 5.01. The zero-order valence-corrected chi connectivity index (χ0v) is 13.7. The zero-order valence-electron chi connectivity index (χ0n) is 12.9. The Hall–Kier alpha value is -1.81. The minimum absolute atomic E-state index is 0.0632. The van der Waals surface area contributed by atoms with Crippen molar-refractivity contribution >= 4 is 27.3 Å². The first kappa shape index (κ1) is 16.1. The Labute approximate surface area is 138 Å². The Bertz CT molecular complexity index is 698. The van der Waals surface area contributed by atoms with E-state index in [-0.39, 0.29) is 11.9 Å². The number of fused-ring (bicyclic) bond motifs is 1. The summed E-state index contributed by atoms with van der Waals surface area (Å²) in [6.45, 7) is 2.84. The van der Waals surface area contributed by atoms with E-state index >= 15 is 0 Å². The molecule has 1 fully saturated rings. The minimum Gasteiger partial charge on any atom is -0.376 e. The lowest BCUT2D eigenvalue weighted by molar-refractivity contribution is -0.131. The van der Waals surface area contributed by atoms with E-state index in [1.54, 1.807) is 6.92 Å². The van der Waals surface area contributed by atoms with Gasteiger partial charge in [0.1, 0.15) is 11.1 Å². The van der Waals surface area contributed by atoms with E-state index in [9.17, 15) is 10.1 Å². The van der Waals surface area contributed by atoms with Crippen LogP contribution in [0.25, 0.3) is 10.2 Å². The highest BCUT2D eigenvalue weighted by molar-refractivity contribution is 7.18. The van der Waals surface area contributed by atoms with Crippen LogP contribution in [0.4, 0.5) is 0 Å². The Balaban J connectivity index is 1.69. The SMILES string of the molecule is C[C@H](OC[C@H]1CCCO1)C(=O)[C@H](C#N)c1nc2ccccc2s1. The van der Waals surface area contributed by atoms with Crippen LogP contribution in [0.2, 0.25) is 0 Å². The molecule has 3 rings (SSSR count). The van der Waals surface area contributed by atoms with Crippen molar-refractivity contribution in [1.82, 2.24) is 4.98 Å². The molecule has 2 aromatic rings. The molecule has 0 radical (unpaired) electrons. The van der Waals surface area contributed by atoms with Crippen LogP contribution in [-0.4, -0.2) is 36.2 Å². The van der Waals surface area contributed by atoms with Crippen LogP contribution in [0.1, 0.15) is 30.7 Å². The molecule has 0 amide bonds. The van der Waals surface area contributed by atoms with Gasteiger partial charge in [-0.05, 0) is 31.9 Å². The van der Waals surface area contributed by atoms with E-state index in [0.29, 0.717) is 11.6 Å². The predicted molar refractivity (Wildman–Crippen MR) is 87.4 cm³/mol. The van der Waals surface area contributed by atoms with Gasteiger partial charge < -0.3 is 9.47 Å². The second-order valence-corrected chi connectivity index (χ2v) is 6.66. The Morgan fingerprint density at radius 1 is 1.57 bits per heavy atom. The number of ketones is 1. The molecule has 1 aromatic carbocycles. The second-order valence-electron chi connectivity index (χ2n) is 5.59. The third-order valence-corrected chi connectivity index (χ3v) is 5.03. The van der Waals surface area contributed by atoms with Crippen LogP contribution in [0.15, 0.2) is 24.3 Å². The van der Waals surface area contributed by atoms with Crippen molar-refractivity contribution in [3.05, 3.63) is 29.3 Å². The number of hydrogen-bond acceptors (Lipinski definition) is 6. The number of carbonyl (C=O) groups excluding carboxylic acids is 1. The van der Waals surface area contributed by atoms with Crippen LogP contribution < -0.4 is 0 Å². The molecule has 0 N–H and O–H groups in total. The first-order valence-electron chi connectivity index (χ1n) is 7.71. The van der Waals surface area contributed by atoms with E-state index in [0.717, 1.165) is 29.7 Å². The van der Waals surface area contributed by atoms with Gasteiger partial charge in [0.15, 0.2) is 11.7 Å². The van der Waals surface area contributed by atoms with E-state index in [2.05, 4.69) is 11.1 Å². The molecule has 120 valence electrons. The summed E-state index contributed by atoms with van der Waals surface area (Å²) in [5.41, 5.74) is 0.813. The fraction of sp³-hybridized carbons (Fsp3) is 0.471. The highest BCUT2D eigenvalue weighted by Crippen LogP contribution is 2.28. The minimum atomic E-state index is -0.883. The molecule has 3 atom stereocenters. The summed E-state index contributed by atoms with van der Waals surface area (Å²) in [6, 6.07) is 9.70. The van der Waals surface area contributed by atoms with Gasteiger partial charge in [0.05, 0.1) is 29.0 Å². The lowest BCUT2D eigenvalue weighted by Gasteiger charge is -2.16. The lowest BCUT2D eigenvalue weighted by atomic mass is 10.0. The van der Waals surface area contributed by atoms with Crippen LogP contribution in [-0.2, 0) is 14.3 Å². The lowest BCUT2D eigenvalue weighted by Crippen LogP contribution is -2.29. The summed E-state index contributed by atoms with van der Waals surface area (Å²) >= 11 is 1.38. The number of Topliss-reactive ketones (excluding diaryl/α,β-unsaturated/α-hetero) is 1. The fourth-order valence-electron chi connectivity index (χ4n) is 2.60. The van der Waals surface area contributed by atoms with E-state index in [4.69, 9.17) is 9.47 Å². The number of nitriles is 1. The summed E-state index contributed by atoms with van der Waals surface area (Å²) in [4.78, 5) is 17.0. The number of para-hydroxylation sites is 1. The molecule has 2 heterocycles. The number of hydrogen-bond donors (Lipinski definition) is 0. The summed E-state index contributed by atoms with van der Waals surface area (Å²) in [7, 11) is 0. The van der Waals surface area contributed by atoms with Gasteiger partial charge in [0, 0.05) is 6.61 Å². The first-order valence-corrected chi connectivity index (χ1v) is 8.52. The highest BCUT2D eigenvalue weighted by atomic mass is 32.1. The van der Waals surface area contributed by atoms with Gasteiger partial charge in [-0.15, -0.1) is 11.3 Å². The summed E-state index contributed by atoms with van der Waals surface area (Å²) in [5, 5.41) is 9.95. The molecule has 1 saturated heterocycles. The Morgan fingerprint density at radius 2 is 2.39 bits per heavy atom. The maximum Gasteiger partial charge on any atom is 0.185 e. The van der Waals surface area contributed by atoms with E-state index in [1.807, 2.05) is 24.3 Å². The molecule has 5 nitrogen and oxygen atoms in total. The monoisotopic (exact) mass is 330 g/mol. The van der Waals surface area contributed by atoms with E-state index in [1.165, 1.54) is 11.3 Å². The largest absolute Gasteiger partial charge is 0.376 e. The third kappa shape index (κ3) is 3.58. The standard InChI is InChI=1S/C17H18N2O3S/c1-11(22-10-12-5-4-8-21-12)16(20)13(9-18)17-19-14-6-2-3-7-15(14)23-17/h2-3,6-7,11-13H,4-5,8,10H2,1H3/t11-,12+,13-/m0/s1. The molecule has 0 spiro atoms. The van der Waals surface area contributed by atoms with Crippen molar-refractivity contribution in [3.63, 3.8) is 0 Å². The van der Waals surface area contributed by atoms with Gasteiger partial charge in [0.25, 0.3) is 0 Å². The zero-order chi connectivity index (χ0) is 16.2. The van der Waals surface area contributed by atoms with Crippen molar-refractivity contribution in [2.24, 2.45) is 0 Å². The van der Waals surface area contributed by atoms with Gasteiger partial charge in [-0.3, -0.25) is 4.79 Å². The quantitative estimate of drug-likeness (QED) is 0.814. The van der Waals surface area contributed by atoms with Crippen LogP contribution in [0.5, 0.6) is 0 Å². The third-order valence-electron chi connectivity index (χ3n) is 3.93. The molecule has 0 unspecified atom stereocenters. The van der Waals surface area contributed by atoms with E-state index < -0.39 is 12.0 Å². The molecule has 0 saturated carbocycles. The van der Waals surface area contributed by atoms with Crippen LogP contribution >= 0.6 is 11.3 Å². The molecule has 1 aromatic heterocycles. The normalized spacial score (nSPS) is 20.3. The number of ether oxygens (including phenoxy) is 2. The second kappa shape index (κ2) is 7.18. The maximum atomic E-state index is 12.5. The van der Waals surface area contributed by atoms with Crippen molar-refractivity contribution in [1.29, 1.82) is 5.26 Å². The topological polar surface area (TPSA) is 72.2 Å². The van der Waals surface area contributed by atoms with Gasteiger partial charge >= 0.3 is 0 Å². The number of nitrogens with zero attached hydrogens (tertiary/aromatic N) is 2. The average molecular weight is 330 g/mol. The fourth-order valence-corrected chi connectivity index (χ4v) is 3.62. The molecule has 6 heteroatoms. The molecule has 1 aliphatic heterocycles. The van der Waals surface area contributed by atoms with Crippen molar-refractivity contribution in [2.75, 3.05) is 13.2 Å². The van der Waals surface area contributed by atoms with Gasteiger partial charge in [0.2, 0.25) is 0 Å². The van der Waals surface area contributed by atoms with Gasteiger partial charge in [-0.2, -0.15) is 5.26 Å².